The number of H-pyrrole nitrogens is 1. The zero-order valence-corrected chi connectivity index (χ0v) is 12.7. The van der Waals surface area contributed by atoms with Crippen LogP contribution >= 0.6 is 0 Å². The van der Waals surface area contributed by atoms with Crippen LogP contribution in [0.1, 0.15) is 27.7 Å². The van der Waals surface area contributed by atoms with Gasteiger partial charge in [0.2, 0.25) is 0 Å². The topological polar surface area (TPSA) is 65.1 Å². The number of carboxylic acids is 1. The Morgan fingerprint density at radius 1 is 1.17 bits per heavy atom. The van der Waals surface area contributed by atoms with Gasteiger partial charge in [-0.05, 0) is 41.5 Å². The van der Waals surface area contributed by atoms with Gasteiger partial charge in [0, 0.05) is 17.4 Å². The Balaban J connectivity index is 1.78. The number of halogens is 2. The Bertz CT molecular complexity index is 859. The SMILES string of the molecule is O=C(O)c1cc2cc(C(CF)NCc3ccc(F)cc3)ccc2[nH]1. The standard InChI is InChI=1S/C18H16F2N2O2/c19-9-17(21-10-11-1-4-14(20)5-2-11)12-3-6-15-13(7-12)8-16(22-15)18(23)24/h1-8,17,21-22H,9-10H2,(H,23,24). The number of benzene rings is 2. The molecule has 1 aromatic heterocycles. The predicted octanol–water partition coefficient (Wildman–Crippen LogP) is 3.81. The number of carboxylic acid groups (broad SMARTS) is 1. The first-order valence-corrected chi connectivity index (χ1v) is 7.46. The molecule has 24 heavy (non-hydrogen) atoms. The molecule has 1 unspecified atom stereocenters. The number of alkyl halides is 1. The summed E-state index contributed by atoms with van der Waals surface area (Å²) in [5.74, 6) is -1.35. The van der Waals surface area contributed by atoms with E-state index in [2.05, 4.69) is 10.3 Å². The molecule has 0 saturated carbocycles. The van der Waals surface area contributed by atoms with Gasteiger partial charge in [-0.15, -0.1) is 0 Å². The zero-order valence-electron chi connectivity index (χ0n) is 12.7. The summed E-state index contributed by atoms with van der Waals surface area (Å²) in [6, 6.07) is 12.3. The van der Waals surface area contributed by atoms with Crippen LogP contribution in [0.4, 0.5) is 8.78 Å². The number of nitrogens with one attached hydrogen (secondary N) is 2. The smallest absolute Gasteiger partial charge is 0.352 e. The lowest BCUT2D eigenvalue weighted by atomic mass is 10.1. The summed E-state index contributed by atoms with van der Waals surface area (Å²) in [7, 11) is 0. The summed E-state index contributed by atoms with van der Waals surface area (Å²) < 4.78 is 26.3. The summed E-state index contributed by atoms with van der Waals surface area (Å²) in [5, 5.41) is 12.8. The highest BCUT2D eigenvalue weighted by Gasteiger charge is 2.13. The molecule has 3 N–H and O–H groups in total. The highest BCUT2D eigenvalue weighted by Crippen LogP contribution is 2.22. The molecule has 0 aliphatic heterocycles. The minimum atomic E-state index is -1.04. The number of aromatic amines is 1. The average molecular weight is 330 g/mol. The molecule has 0 aliphatic rings. The van der Waals surface area contributed by atoms with E-state index in [9.17, 15) is 13.6 Å². The molecule has 2 aromatic carbocycles. The minimum absolute atomic E-state index is 0.0956. The normalized spacial score (nSPS) is 12.4. The van der Waals surface area contributed by atoms with Crippen molar-refractivity contribution in [3.63, 3.8) is 0 Å². The van der Waals surface area contributed by atoms with Crippen molar-refractivity contribution in [1.82, 2.24) is 10.3 Å². The fourth-order valence-electron chi connectivity index (χ4n) is 2.59. The van der Waals surface area contributed by atoms with Crippen molar-refractivity contribution in [3.8, 4) is 0 Å². The van der Waals surface area contributed by atoms with E-state index in [0.717, 1.165) is 11.1 Å². The number of aromatic nitrogens is 1. The van der Waals surface area contributed by atoms with Crippen LogP contribution < -0.4 is 5.32 Å². The summed E-state index contributed by atoms with van der Waals surface area (Å²) in [5.41, 5.74) is 2.36. The van der Waals surface area contributed by atoms with E-state index in [1.165, 1.54) is 18.2 Å². The van der Waals surface area contributed by atoms with Gasteiger partial charge in [-0.3, -0.25) is 0 Å². The van der Waals surface area contributed by atoms with Gasteiger partial charge >= 0.3 is 5.97 Å². The number of fused-ring (bicyclic) bond motifs is 1. The lowest BCUT2D eigenvalue weighted by Gasteiger charge is -2.16. The van der Waals surface area contributed by atoms with Crippen LogP contribution in [0.15, 0.2) is 48.5 Å². The second-order valence-electron chi connectivity index (χ2n) is 5.55. The number of carbonyl (C=O) groups is 1. The first kappa shape index (κ1) is 16.1. The fourth-order valence-corrected chi connectivity index (χ4v) is 2.59. The molecule has 0 aliphatic carbocycles. The monoisotopic (exact) mass is 330 g/mol. The molecule has 0 spiro atoms. The van der Waals surface area contributed by atoms with Gasteiger partial charge in [-0.25, -0.2) is 13.6 Å². The lowest BCUT2D eigenvalue weighted by Crippen LogP contribution is -2.22. The highest BCUT2D eigenvalue weighted by atomic mass is 19.1. The number of aromatic carboxylic acids is 1. The van der Waals surface area contributed by atoms with Crippen molar-refractivity contribution in [1.29, 1.82) is 0 Å². The molecular weight excluding hydrogens is 314 g/mol. The second-order valence-corrected chi connectivity index (χ2v) is 5.55. The lowest BCUT2D eigenvalue weighted by molar-refractivity contribution is 0.0691. The molecule has 6 heteroatoms. The first-order valence-electron chi connectivity index (χ1n) is 7.46. The van der Waals surface area contributed by atoms with Gasteiger partial charge < -0.3 is 15.4 Å². The van der Waals surface area contributed by atoms with Crippen molar-refractivity contribution in [2.45, 2.75) is 12.6 Å². The molecule has 3 aromatic rings. The minimum Gasteiger partial charge on any atom is -0.477 e. The Morgan fingerprint density at radius 2 is 1.92 bits per heavy atom. The van der Waals surface area contributed by atoms with Gasteiger partial charge in [0.15, 0.2) is 0 Å². The van der Waals surface area contributed by atoms with Crippen molar-refractivity contribution in [2.24, 2.45) is 0 Å². The van der Waals surface area contributed by atoms with Crippen LogP contribution in [0.2, 0.25) is 0 Å². The average Bonchev–Trinajstić information content (AvgIpc) is 3.01. The third kappa shape index (κ3) is 3.44. The molecule has 4 nitrogen and oxygen atoms in total. The highest BCUT2D eigenvalue weighted by molar-refractivity contribution is 5.93. The van der Waals surface area contributed by atoms with Crippen LogP contribution in [0.5, 0.6) is 0 Å². The van der Waals surface area contributed by atoms with Crippen molar-refractivity contribution >= 4 is 16.9 Å². The quantitative estimate of drug-likeness (QED) is 0.644. The molecule has 0 radical (unpaired) electrons. The molecule has 0 fully saturated rings. The van der Waals surface area contributed by atoms with Gasteiger partial charge in [-0.2, -0.15) is 0 Å². The van der Waals surface area contributed by atoms with Crippen molar-refractivity contribution in [3.05, 3.63) is 71.2 Å². The van der Waals surface area contributed by atoms with Gasteiger partial charge in [0.05, 0.1) is 6.04 Å². The molecule has 0 amide bonds. The maximum atomic E-state index is 13.4. The van der Waals surface area contributed by atoms with Crippen molar-refractivity contribution < 1.29 is 18.7 Å². The van der Waals surface area contributed by atoms with E-state index in [0.29, 0.717) is 17.4 Å². The summed E-state index contributed by atoms with van der Waals surface area (Å²) in [6.07, 6.45) is 0. The molecule has 0 bridgehead atoms. The Hall–Kier alpha value is -2.73. The molecular formula is C18H16F2N2O2. The molecule has 124 valence electrons. The van der Waals surface area contributed by atoms with E-state index in [4.69, 9.17) is 5.11 Å². The summed E-state index contributed by atoms with van der Waals surface area (Å²) in [4.78, 5) is 13.8. The van der Waals surface area contributed by atoms with Crippen LogP contribution in [-0.4, -0.2) is 22.7 Å². The van der Waals surface area contributed by atoms with Crippen LogP contribution in [0, 0.1) is 5.82 Å². The number of hydrogen-bond donors (Lipinski definition) is 3. The fraction of sp³-hybridized carbons (Fsp3) is 0.167. The van der Waals surface area contributed by atoms with E-state index >= 15 is 0 Å². The van der Waals surface area contributed by atoms with E-state index in [1.807, 2.05) is 0 Å². The van der Waals surface area contributed by atoms with Gasteiger partial charge in [0.1, 0.15) is 18.2 Å². The predicted molar refractivity (Wildman–Crippen MR) is 87.2 cm³/mol. The van der Waals surface area contributed by atoms with Crippen LogP contribution in [0.25, 0.3) is 10.9 Å². The van der Waals surface area contributed by atoms with E-state index < -0.39 is 18.7 Å². The molecule has 0 saturated heterocycles. The van der Waals surface area contributed by atoms with E-state index in [1.54, 1.807) is 30.3 Å². The van der Waals surface area contributed by atoms with Crippen molar-refractivity contribution in [2.75, 3.05) is 6.67 Å². The second kappa shape index (κ2) is 6.80. The number of rotatable bonds is 6. The molecule has 3 rings (SSSR count). The largest absolute Gasteiger partial charge is 0.477 e. The third-order valence-corrected chi connectivity index (χ3v) is 3.90. The maximum absolute atomic E-state index is 13.4. The Kier molecular flexibility index (Phi) is 4.57. The first-order chi connectivity index (χ1) is 11.6. The maximum Gasteiger partial charge on any atom is 0.352 e. The Labute approximate surface area is 137 Å². The van der Waals surface area contributed by atoms with Crippen LogP contribution in [-0.2, 0) is 6.54 Å². The van der Waals surface area contributed by atoms with Gasteiger partial charge in [0.25, 0.3) is 0 Å². The Morgan fingerprint density at radius 3 is 2.58 bits per heavy atom. The molecule has 1 heterocycles. The molecule has 1 atom stereocenters. The third-order valence-electron chi connectivity index (χ3n) is 3.90. The summed E-state index contributed by atoms with van der Waals surface area (Å²) in [6.45, 7) is -0.205. The van der Waals surface area contributed by atoms with Gasteiger partial charge in [-0.1, -0.05) is 18.2 Å². The number of hydrogen-bond acceptors (Lipinski definition) is 2. The summed E-state index contributed by atoms with van der Waals surface area (Å²) >= 11 is 0. The van der Waals surface area contributed by atoms with E-state index in [-0.39, 0.29) is 11.5 Å². The van der Waals surface area contributed by atoms with Crippen LogP contribution in [0.3, 0.4) is 0 Å². The zero-order chi connectivity index (χ0) is 17.1.